The summed E-state index contributed by atoms with van der Waals surface area (Å²) in [7, 11) is 0. The number of carbonyl (C=O) groups is 1. The van der Waals surface area contributed by atoms with Gasteiger partial charge in [-0.15, -0.1) is 0 Å². The number of carboxylic acid groups (broad SMARTS) is 1. The summed E-state index contributed by atoms with van der Waals surface area (Å²) in [6.45, 7) is 6.22. The SMILES string of the molecule is Cc1cccc(C(=O)O)c1-c1c2ccc(=[N+]3CCC3)cc-2oc2cc(N3CCC3)ccc12. The highest BCUT2D eigenvalue weighted by Crippen LogP contribution is 2.43. The van der Waals surface area contributed by atoms with Gasteiger partial charge in [0, 0.05) is 53.0 Å². The molecule has 2 aromatic carbocycles. The fourth-order valence-corrected chi connectivity index (χ4v) is 4.86. The van der Waals surface area contributed by atoms with Crippen molar-refractivity contribution < 1.29 is 14.3 Å². The molecule has 0 spiro atoms. The number of aryl methyl sites for hydroxylation is 1. The van der Waals surface area contributed by atoms with Gasteiger partial charge in [-0.3, -0.25) is 0 Å². The van der Waals surface area contributed by atoms with Gasteiger partial charge in [0.05, 0.1) is 18.1 Å². The molecule has 1 aliphatic carbocycles. The topological polar surface area (TPSA) is 56.7 Å². The summed E-state index contributed by atoms with van der Waals surface area (Å²) in [6, 6.07) is 18.1. The molecule has 3 heterocycles. The van der Waals surface area contributed by atoms with Gasteiger partial charge >= 0.3 is 5.97 Å². The third-order valence-electron chi connectivity index (χ3n) is 6.88. The first-order chi connectivity index (χ1) is 15.6. The van der Waals surface area contributed by atoms with Gasteiger partial charge < -0.3 is 14.4 Å². The first-order valence-corrected chi connectivity index (χ1v) is 11.3. The maximum absolute atomic E-state index is 12.2. The third-order valence-corrected chi connectivity index (χ3v) is 6.88. The standard InChI is InChI=1S/C27H24N2O3/c1-17-5-2-6-22(27(30)31)25(17)26-20-9-7-18(28-11-3-12-28)15-23(20)32-24-16-19(8-10-21(24)26)29-13-4-14-29/h2,5-10,15-16H,3-4,11-14H2,1H3/p+1. The maximum Gasteiger partial charge on any atom is 0.336 e. The Hall–Kier alpha value is -3.60. The molecule has 0 atom stereocenters. The van der Waals surface area contributed by atoms with E-state index in [0.29, 0.717) is 5.56 Å². The average Bonchev–Trinajstić information content (AvgIpc) is 2.69. The molecule has 2 saturated heterocycles. The molecule has 5 heteroatoms. The van der Waals surface area contributed by atoms with Crippen LogP contribution in [0.25, 0.3) is 33.4 Å². The van der Waals surface area contributed by atoms with E-state index >= 15 is 0 Å². The number of rotatable bonds is 3. The largest absolute Gasteiger partial charge is 0.478 e. The molecule has 0 aromatic heterocycles. The quantitative estimate of drug-likeness (QED) is 0.385. The highest BCUT2D eigenvalue weighted by Gasteiger charge is 2.25. The highest BCUT2D eigenvalue weighted by atomic mass is 16.4. The number of hydrogen-bond donors (Lipinski definition) is 1. The second-order valence-electron chi connectivity index (χ2n) is 8.82. The molecule has 0 bridgehead atoms. The van der Waals surface area contributed by atoms with E-state index in [1.54, 1.807) is 6.07 Å². The van der Waals surface area contributed by atoms with Crippen molar-refractivity contribution in [3.8, 4) is 22.5 Å². The first kappa shape index (κ1) is 19.1. The van der Waals surface area contributed by atoms with E-state index in [9.17, 15) is 9.90 Å². The van der Waals surface area contributed by atoms with Crippen LogP contribution in [0.3, 0.4) is 0 Å². The normalized spacial score (nSPS) is 15.7. The number of benzene rings is 3. The fourth-order valence-electron chi connectivity index (χ4n) is 4.86. The van der Waals surface area contributed by atoms with Gasteiger partial charge in [-0.1, -0.05) is 12.1 Å². The van der Waals surface area contributed by atoms with Crippen LogP contribution in [-0.2, 0) is 0 Å². The van der Waals surface area contributed by atoms with Crippen molar-refractivity contribution >= 4 is 22.6 Å². The number of anilines is 1. The second-order valence-corrected chi connectivity index (χ2v) is 8.82. The number of nitrogens with zero attached hydrogens (tertiary/aromatic N) is 2. The van der Waals surface area contributed by atoms with Crippen molar-refractivity contribution in [1.82, 2.24) is 4.58 Å². The zero-order chi connectivity index (χ0) is 21.8. The first-order valence-electron chi connectivity index (χ1n) is 11.3. The van der Waals surface area contributed by atoms with Gasteiger partial charge in [0.2, 0.25) is 5.36 Å². The molecular formula is C27H25N2O3+. The van der Waals surface area contributed by atoms with E-state index in [1.807, 2.05) is 19.1 Å². The van der Waals surface area contributed by atoms with Crippen LogP contribution >= 0.6 is 0 Å². The van der Waals surface area contributed by atoms with Crippen LogP contribution in [0.4, 0.5) is 5.69 Å². The monoisotopic (exact) mass is 425 g/mol. The minimum atomic E-state index is -0.916. The lowest BCUT2D eigenvalue weighted by Gasteiger charge is -2.33. The van der Waals surface area contributed by atoms with Gasteiger partial charge in [0.1, 0.15) is 24.4 Å². The Morgan fingerprint density at radius 2 is 1.84 bits per heavy atom. The Morgan fingerprint density at radius 3 is 2.53 bits per heavy atom. The molecular weight excluding hydrogens is 400 g/mol. The van der Waals surface area contributed by atoms with Crippen LogP contribution < -0.4 is 14.8 Å². The maximum atomic E-state index is 12.2. The van der Waals surface area contributed by atoms with Gasteiger partial charge in [-0.25, -0.2) is 9.37 Å². The zero-order valence-corrected chi connectivity index (χ0v) is 18.1. The molecule has 2 fully saturated rings. The summed E-state index contributed by atoms with van der Waals surface area (Å²) >= 11 is 0. The number of carboxylic acids is 1. The molecule has 3 aliphatic heterocycles. The van der Waals surface area contributed by atoms with Crippen LogP contribution in [0.1, 0.15) is 28.8 Å². The highest BCUT2D eigenvalue weighted by molar-refractivity contribution is 6.08. The number of hydrogen-bond acceptors (Lipinski definition) is 3. The Bertz CT molecular complexity index is 1420. The molecule has 0 unspecified atom stereocenters. The van der Waals surface area contributed by atoms with Crippen molar-refractivity contribution in [3.05, 3.63) is 71.1 Å². The molecule has 160 valence electrons. The van der Waals surface area contributed by atoms with E-state index in [1.165, 1.54) is 12.8 Å². The van der Waals surface area contributed by atoms with Crippen LogP contribution in [0.15, 0.2) is 59.0 Å². The lowest BCUT2D eigenvalue weighted by molar-refractivity contribution is 0.0697. The molecule has 0 saturated carbocycles. The minimum Gasteiger partial charge on any atom is -0.478 e. The average molecular weight is 426 g/mol. The zero-order valence-electron chi connectivity index (χ0n) is 18.1. The van der Waals surface area contributed by atoms with E-state index in [2.05, 4.69) is 45.9 Å². The van der Waals surface area contributed by atoms with Crippen LogP contribution in [0, 0.1) is 6.92 Å². The van der Waals surface area contributed by atoms with Crippen molar-refractivity contribution in [3.63, 3.8) is 0 Å². The van der Waals surface area contributed by atoms with Crippen molar-refractivity contribution in [2.45, 2.75) is 19.8 Å². The van der Waals surface area contributed by atoms with E-state index < -0.39 is 5.97 Å². The number of fused-ring (bicyclic) bond motifs is 2. The van der Waals surface area contributed by atoms with Gasteiger partial charge in [0.25, 0.3) is 0 Å². The molecule has 0 amide bonds. The van der Waals surface area contributed by atoms with Crippen LogP contribution in [0.2, 0.25) is 0 Å². The summed E-state index contributed by atoms with van der Waals surface area (Å²) in [5, 5.41) is 12.1. The van der Waals surface area contributed by atoms with Gasteiger partial charge in [0.15, 0.2) is 0 Å². The predicted octanol–water partition coefficient (Wildman–Crippen LogP) is 4.60. The summed E-state index contributed by atoms with van der Waals surface area (Å²) in [6.07, 6.45) is 2.42. The molecule has 0 radical (unpaired) electrons. The predicted molar refractivity (Wildman–Crippen MR) is 126 cm³/mol. The molecule has 2 aromatic rings. The lowest BCUT2D eigenvalue weighted by Crippen LogP contribution is -2.40. The van der Waals surface area contributed by atoms with Crippen molar-refractivity contribution in [2.24, 2.45) is 0 Å². The lowest BCUT2D eigenvalue weighted by atomic mass is 9.88. The van der Waals surface area contributed by atoms with Crippen LogP contribution in [0.5, 0.6) is 0 Å². The Morgan fingerprint density at radius 1 is 1.00 bits per heavy atom. The smallest absolute Gasteiger partial charge is 0.336 e. The fraction of sp³-hybridized carbons (Fsp3) is 0.259. The van der Waals surface area contributed by atoms with E-state index in [0.717, 1.165) is 76.2 Å². The summed E-state index contributed by atoms with van der Waals surface area (Å²) < 4.78 is 8.81. The molecule has 1 N–H and O–H groups in total. The van der Waals surface area contributed by atoms with Gasteiger partial charge in [-0.05, 0) is 43.2 Å². The molecule has 5 nitrogen and oxygen atoms in total. The van der Waals surface area contributed by atoms with E-state index in [4.69, 9.17) is 4.42 Å². The Labute approximate surface area is 186 Å². The van der Waals surface area contributed by atoms with Crippen molar-refractivity contribution in [1.29, 1.82) is 0 Å². The Balaban J connectivity index is 1.71. The number of aromatic carboxylic acids is 1. The summed E-state index contributed by atoms with van der Waals surface area (Å²) in [4.78, 5) is 14.5. The molecule has 32 heavy (non-hydrogen) atoms. The van der Waals surface area contributed by atoms with E-state index in [-0.39, 0.29) is 0 Å². The van der Waals surface area contributed by atoms with Crippen LogP contribution in [-0.4, -0.2) is 37.3 Å². The van der Waals surface area contributed by atoms with Gasteiger partial charge in [-0.2, -0.15) is 0 Å². The summed E-state index contributed by atoms with van der Waals surface area (Å²) in [5.74, 6) is -0.127. The second kappa shape index (κ2) is 7.23. The third kappa shape index (κ3) is 2.92. The Kier molecular flexibility index (Phi) is 4.32. The minimum absolute atomic E-state index is 0.317. The summed E-state index contributed by atoms with van der Waals surface area (Å²) in [5.41, 5.74) is 5.84. The molecule has 4 aliphatic rings. The van der Waals surface area contributed by atoms with Crippen molar-refractivity contribution in [2.75, 3.05) is 31.1 Å². The molecule has 6 rings (SSSR count).